The molecule has 3 heterocycles. The maximum Gasteiger partial charge on any atom is 0.321 e. The molecule has 2 amide bonds. The molecule has 2 atom stereocenters. The highest BCUT2D eigenvalue weighted by Gasteiger charge is 2.35. The number of amides is 2. The summed E-state index contributed by atoms with van der Waals surface area (Å²) in [5, 5.41) is 10.4. The summed E-state index contributed by atoms with van der Waals surface area (Å²) in [5.41, 5.74) is 3.86. The Bertz CT molecular complexity index is 1820. The van der Waals surface area contributed by atoms with Crippen LogP contribution in [0, 0.1) is 0 Å². The third-order valence-electron chi connectivity index (χ3n) is 7.12. The van der Waals surface area contributed by atoms with E-state index in [-0.39, 0.29) is 12.7 Å². The zero-order valence-electron chi connectivity index (χ0n) is 23.8. The molecule has 0 aliphatic carbocycles. The summed E-state index contributed by atoms with van der Waals surface area (Å²) in [6.45, 7) is 2.62. The lowest BCUT2D eigenvalue weighted by Crippen LogP contribution is -2.46. The van der Waals surface area contributed by atoms with Crippen molar-refractivity contribution in [3.05, 3.63) is 102 Å². The van der Waals surface area contributed by atoms with Crippen LogP contribution in [0.3, 0.4) is 0 Å². The van der Waals surface area contributed by atoms with Crippen LogP contribution in [0.25, 0.3) is 16.6 Å². The van der Waals surface area contributed by atoms with Crippen LogP contribution in [0.15, 0.2) is 89.9 Å². The van der Waals surface area contributed by atoms with Crippen LogP contribution in [0.5, 0.6) is 11.5 Å². The topological polar surface area (TPSA) is 117 Å². The fraction of sp³-hybridized carbons (Fsp3) is 0.219. The van der Waals surface area contributed by atoms with Crippen LogP contribution in [-0.4, -0.2) is 40.4 Å². The van der Waals surface area contributed by atoms with E-state index < -0.39 is 24.0 Å². The summed E-state index contributed by atoms with van der Waals surface area (Å²) in [5.74, 6) is -4.23. The number of hydrogen-bond acceptors (Lipinski definition) is 7. The first-order valence-corrected chi connectivity index (χ1v) is 13.8. The van der Waals surface area contributed by atoms with E-state index in [0.29, 0.717) is 47.5 Å². The van der Waals surface area contributed by atoms with Gasteiger partial charge in [-0.05, 0) is 61.0 Å². The summed E-state index contributed by atoms with van der Waals surface area (Å²) < 4.78 is 51.5. The van der Waals surface area contributed by atoms with Gasteiger partial charge in [0, 0.05) is 23.4 Å². The normalized spacial score (nSPS) is 14.3. The van der Waals surface area contributed by atoms with E-state index in [1.807, 2.05) is 18.2 Å². The molecule has 5 aromatic rings. The van der Waals surface area contributed by atoms with Gasteiger partial charge >= 0.3 is 5.92 Å². The SMILES string of the molecule is C[C@H](NC(=O)C(C)(F)F)[C@H](Oc1ccc2c(cnn2-c2cccc(C(=O)Nc3ccoc3)c2)c1)c1ccc2c(c1)OCOC2. The molecule has 0 fully saturated rings. The molecule has 12 heteroatoms. The van der Waals surface area contributed by atoms with E-state index in [4.69, 9.17) is 18.6 Å². The first-order chi connectivity index (χ1) is 21.2. The van der Waals surface area contributed by atoms with E-state index in [1.165, 1.54) is 12.5 Å². The Morgan fingerprint density at radius 2 is 1.95 bits per heavy atom. The minimum atomic E-state index is -3.56. The van der Waals surface area contributed by atoms with Crippen molar-refractivity contribution in [3.8, 4) is 17.2 Å². The zero-order valence-corrected chi connectivity index (χ0v) is 23.8. The van der Waals surface area contributed by atoms with Gasteiger partial charge in [0.05, 0.1) is 42.0 Å². The third-order valence-corrected chi connectivity index (χ3v) is 7.12. The van der Waals surface area contributed by atoms with Gasteiger partial charge in [0.15, 0.2) is 6.79 Å². The lowest BCUT2D eigenvalue weighted by Gasteiger charge is -2.28. The second-order valence-electron chi connectivity index (χ2n) is 10.5. The quantitative estimate of drug-likeness (QED) is 0.212. The molecule has 44 heavy (non-hydrogen) atoms. The van der Waals surface area contributed by atoms with Crippen molar-refractivity contribution in [1.29, 1.82) is 0 Å². The highest BCUT2D eigenvalue weighted by molar-refractivity contribution is 6.04. The van der Waals surface area contributed by atoms with Crippen molar-refractivity contribution in [3.63, 3.8) is 0 Å². The van der Waals surface area contributed by atoms with Crippen LogP contribution >= 0.6 is 0 Å². The molecule has 3 aromatic carbocycles. The summed E-state index contributed by atoms with van der Waals surface area (Å²) in [7, 11) is 0. The number of carbonyl (C=O) groups is 2. The second kappa shape index (κ2) is 11.8. The van der Waals surface area contributed by atoms with Gasteiger partial charge in [0.1, 0.15) is 23.9 Å². The fourth-order valence-corrected chi connectivity index (χ4v) is 4.88. The lowest BCUT2D eigenvalue weighted by molar-refractivity contribution is -0.144. The van der Waals surface area contributed by atoms with Gasteiger partial charge in [-0.2, -0.15) is 13.9 Å². The van der Waals surface area contributed by atoms with Gasteiger partial charge in [-0.25, -0.2) is 4.68 Å². The summed E-state index contributed by atoms with van der Waals surface area (Å²) in [4.78, 5) is 24.9. The number of rotatable bonds is 9. The minimum absolute atomic E-state index is 0.0922. The Kier molecular flexibility index (Phi) is 7.75. The van der Waals surface area contributed by atoms with Crippen molar-refractivity contribution in [1.82, 2.24) is 15.1 Å². The molecule has 2 aromatic heterocycles. The van der Waals surface area contributed by atoms with E-state index >= 15 is 0 Å². The van der Waals surface area contributed by atoms with Crippen molar-refractivity contribution in [2.75, 3.05) is 12.1 Å². The Morgan fingerprint density at radius 1 is 1.09 bits per heavy atom. The zero-order chi connectivity index (χ0) is 30.8. The summed E-state index contributed by atoms with van der Waals surface area (Å²) >= 11 is 0. The lowest BCUT2D eigenvalue weighted by atomic mass is 10.00. The number of carbonyl (C=O) groups excluding carboxylic acids is 2. The highest BCUT2D eigenvalue weighted by atomic mass is 19.3. The van der Waals surface area contributed by atoms with E-state index in [9.17, 15) is 18.4 Å². The molecular weight excluding hydrogens is 574 g/mol. The van der Waals surface area contributed by atoms with Gasteiger partial charge in [0.25, 0.3) is 11.8 Å². The maximum absolute atomic E-state index is 13.7. The number of hydrogen-bond donors (Lipinski definition) is 2. The predicted molar refractivity (Wildman–Crippen MR) is 156 cm³/mol. The molecular formula is C32H28F2N4O6. The molecule has 10 nitrogen and oxygen atoms in total. The van der Waals surface area contributed by atoms with Gasteiger partial charge < -0.3 is 29.3 Å². The number of alkyl halides is 2. The number of aromatic nitrogens is 2. The molecule has 0 saturated carbocycles. The largest absolute Gasteiger partial charge is 0.484 e. The van der Waals surface area contributed by atoms with Crippen LogP contribution in [-0.2, 0) is 16.1 Å². The molecule has 1 aliphatic heterocycles. The second-order valence-corrected chi connectivity index (χ2v) is 10.5. The van der Waals surface area contributed by atoms with Crippen LogP contribution in [0.4, 0.5) is 14.5 Å². The number of nitrogens with zero attached hydrogens (tertiary/aromatic N) is 2. The number of anilines is 1. The molecule has 0 saturated heterocycles. The van der Waals surface area contributed by atoms with Crippen LogP contribution in [0.2, 0.25) is 0 Å². The third kappa shape index (κ3) is 6.11. The number of ether oxygens (including phenoxy) is 3. The highest BCUT2D eigenvalue weighted by Crippen LogP contribution is 2.33. The van der Waals surface area contributed by atoms with Gasteiger partial charge in [-0.3, -0.25) is 9.59 Å². The van der Waals surface area contributed by atoms with Crippen molar-refractivity contribution < 1.29 is 37.0 Å². The van der Waals surface area contributed by atoms with Gasteiger partial charge in [-0.15, -0.1) is 0 Å². The Hall–Kier alpha value is -5.23. The molecule has 0 radical (unpaired) electrons. The van der Waals surface area contributed by atoms with E-state index in [0.717, 1.165) is 16.5 Å². The number of fused-ring (bicyclic) bond motifs is 2. The summed E-state index contributed by atoms with van der Waals surface area (Å²) in [6, 6.07) is 18.5. The molecule has 0 bridgehead atoms. The van der Waals surface area contributed by atoms with Crippen molar-refractivity contribution in [2.45, 2.75) is 38.5 Å². The first kappa shape index (κ1) is 28.9. The van der Waals surface area contributed by atoms with Crippen LogP contribution < -0.4 is 20.1 Å². The monoisotopic (exact) mass is 602 g/mol. The molecule has 0 spiro atoms. The molecule has 0 unspecified atom stereocenters. The van der Waals surface area contributed by atoms with Gasteiger partial charge in [0.2, 0.25) is 0 Å². The Balaban J connectivity index is 1.27. The molecule has 6 rings (SSSR count). The van der Waals surface area contributed by atoms with Crippen molar-refractivity contribution >= 4 is 28.4 Å². The Labute approximate surface area is 250 Å². The average Bonchev–Trinajstić information content (AvgIpc) is 3.69. The molecule has 1 aliphatic rings. The van der Waals surface area contributed by atoms with E-state index in [2.05, 4.69) is 15.7 Å². The predicted octanol–water partition coefficient (Wildman–Crippen LogP) is 6.02. The number of nitrogens with one attached hydrogen (secondary N) is 2. The average molecular weight is 603 g/mol. The van der Waals surface area contributed by atoms with Crippen molar-refractivity contribution in [2.24, 2.45) is 0 Å². The molecule has 2 N–H and O–H groups in total. The maximum atomic E-state index is 13.7. The standard InChI is InChI=1S/C32H28F2N4O6/c1-19(36-31(40)32(2,33)34)29(20-6-7-22-16-42-18-43-28(22)14-20)44-26-8-9-27-23(13-26)15-35-38(27)25-5-3-4-21(12-25)30(39)37-24-10-11-41-17-24/h3-15,17,19,29H,16,18H2,1-2H3,(H,36,40)(H,37,39)/t19-,29-/m0/s1. The number of halogens is 2. The van der Waals surface area contributed by atoms with Gasteiger partial charge in [-0.1, -0.05) is 18.2 Å². The summed E-state index contributed by atoms with van der Waals surface area (Å²) in [6.07, 6.45) is 3.73. The van der Waals surface area contributed by atoms with Crippen LogP contribution in [0.1, 0.15) is 41.4 Å². The number of benzene rings is 3. The smallest absolute Gasteiger partial charge is 0.321 e. The Morgan fingerprint density at radius 3 is 2.75 bits per heavy atom. The number of furan rings is 1. The fourth-order valence-electron chi connectivity index (χ4n) is 4.88. The van der Waals surface area contributed by atoms with E-state index in [1.54, 1.807) is 66.3 Å². The minimum Gasteiger partial charge on any atom is -0.484 e. The first-order valence-electron chi connectivity index (χ1n) is 13.8. The molecule has 226 valence electrons.